The summed E-state index contributed by atoms with van der Waals surface area (Å²) in [6.07, 6.45) is 4.86. The number of hydrogen-bond acceptors (Lipinski definition) is 5. The van der Waals surface area contributed by atoms with Gasteiger partial charge in [0.25, 0.3) is 0 Å². The van der Waals surface area contributed by atoms with Crippen LogP contribution in [0.25, 0.3) is 21.8 Å². The third-order valence-electron chi connectivity index (χ3n) is 4.95. The molecule has 0 saturated heterocycles. The number of primary amides is 1. The van der Waals surface area contributed by atoms with Gasteiger partial charge < -0.3 is 15.2 Å². The largest absolute Gasteiger partial charge is 0.493 e. The minimum atomic E-state index is -0.443. The molecule has 0 unspecified atom stereocenters. The third-order valence-corrected chi connectivity index (χ3v) is 5.84. The number of methoxy groups -OCH3 is 1. The van der Waals surface area contributed by atoms with Gasteiger partial charge in [-0.3, -0.25) is 4.79 Å². The van der Waals surface area contributed by atoms with Gasteiger partial charge in [0.2, 0.25) is 5.91 Å². The number of carbonyl (C=O) groups excluding carboxylic acids is 1. The van der Waals surface area contributed by atoms with E-state index in [1.165, 1.54) is 12.8 Å². The number of hydrogen-bond donors (Lipinski definition) is 1. The Kier molecular flexibility index (Phi) is 5.30. The summed E-state index contributed by atoms with van der Waals surface area (Å²) in [7, 11) is 1.66. The van der Waals surface area contributed by atoms with Crippen molar-refractivity contribution in [2.75, 3.05) is 7.11 Å². The molecule has 0 spiro atoms. The van der Waals surface area contributed by atoms with Gasteiger partial charge >= 0.3 is 0 Å². The molecule has 144 valence electrons. The zero-order chi connectivity index (χ0) is 19.5. The number of aromatic nitrogens is 1. The summed E-state index contributed by atoms with van der Waals surface area (Å²) in [4.78, 5) is 16.2. The predicted molar refractivity (Wildman–Crippen MR) is 111 cm³/mol. The molecule has 2 aromatic carbocycles. The van der Waals surface area contributed by atoms with Crippen molar-refractivity contribution < 1.29 is 14.3 Å². The van der Waals surface area contributed by atoms with E-state index in [1.54, 1.807) is 30.6 Å². The topological polar surface area (TPSA) is 74.4 Å². The summed E-state index contributed by atoms with van der Waals surface area (Å²) < 4.78 is 11.7. The summed E-state index contributed by atoms with van der Waals surface area (Å²) in [5.74, 6) is 1.06. The van der Waals surface area contributed by atoms with Crippen LogP contribution in [0.4, 0.5) is 0 Å². The summed E-state index contributed by atoms with van der Waals surface area (Å²) in [6, 6.07) is 13.1. The Labute approximate surface area is 168 Å². The van der Waals surface area contributed by atoms with Gasteiger partial charge in [0.1, 0.15) is 5.01 Å². The second-order valence-corrected chi connectivity index (χ2v) is 7.73. The molecule has 0 atom stereocenters. The highest BCUT2D eigenvalue weighted by atomic mass is 32.1. The van der Waals surface area contributed by atoms with Crippen LogP contribution in [0.15, 0.2) is 47.8 Å². The van der Waals surface area contributed by atoms with Crippen LogP contribution in [0.3, 0.4) is 0 Å². The van der Waals surface area contributed by atoms with E-state index in [1.807, 2.05) is 35.7 Å². The Bertz CT molecular complexity index is 993. The molecule has 1 aliphatic carbocycles. The molecule has 3 aromatic rings. The van der Waals surface area contributed by atoms with Crippen molar-refractivity contribution in [3.63, 3.8) is 0 Å². The van der Waals surface area contributed by atoms with Gasteiger partial charge in [-0.2, -0.15) is 0 Å². The lowest BCUT2D eigenvalue weighted by molar-refractivity contribution is 0.100. The van der Waals surface area contributed by atoms with Crippen LogP contribution in [0, 0.1) is 0 Å². The summed E-state index contributed by atoms with van der Waals surface area (Å²) >= 11 is 1.55. The number of nitrogens with zero attached hydrogens (tertiary/aromatic N) is 1. The fourth-order valence-corrected chi connectivity index (χ4v) is 4.28. The molecule has 6 heteroatoms. The molecule has 1 saturated carbocycles. The number of benzene rings is 2. The van der Waals surface area contributed by atoms with Crippen LogP contribution in [0.5, 0.6) is 11.5 Å². The second kappa shape index (κ2) is 8.02. The molecule has 1 heterocycles. The highest BCUT2D eigenvalue weighted by Crippen LogP contribution is 2.37. The minimum Gasteiger partial charge on any atom is -0.493 e. The molecule has 1 amide bonds. The molecule has 0 aliphatic heterocycles. The average Bonchev–Trinajstić information content (AvgIpc) is 3.40. The Hall–Kier alpha value is -2.86. The van der Waals surface area contributed by atoms with Gasteiger partial charge in [-0.15, -0.1) is 11.3 Å². The van der Waals surface area contributed by atoms with E-state index >= 15 is 0 Å². The number of rotatable bonds is 6. The first kappa shape index (κ1) is 18.5. The fraction of sp³-hybridized carbons (Fsp3) is 0.273. The molecule has 1 aromatic heterocycles. The van der Waals surface area contributed by atoms with Gasteiger partial charge in [-0.1, -0.05) is 12.1 Å². The van der Waals surface area contributed by atoms with E-state index in [0.29, 0.717) is 5.56 Å². The van der Waals surface area contributed by atoms with Crippen molar-refractivity contribution in [1.29, 1.82) is 0 Å². The standard InChI is InChI=1S/C22H22N2O3S/c1-26-19-10-9-16(12-20(19)27-17-7-2-3-8-17)22-24-18(13-28-22)14-5-4-6-15(11-14)21(23)25/h4-6,9-13,17H,2-3,7-8H2,1H3,(H2,23,25). The van der Waals surface area contributed by atoms with E-state index in [-0.39, 0.29) is 6.10 Å². The van der Waals surface area contributed by atoms with Crippen molar-refractivity contribution in [3.05, 3.63) is 53.4 Å². The van der Waals surface area contributed by atoms with E-state index in [0.717, 1.165) is 46.2 Å². The number of nitrogens with two attached hydrogens (primary N) is 1. The monoisotopic (exact) mass is 394 g/mol. The van der Waals surface area contributed by atoms with E-state index in [2.05, 4.69) is 0 Å². The maximum Gasteiger partial charge on any atom is 0.248 e. The van der Waals surface area contributed by atoms with Crippen molar-refractivity contribution in [3.8, 4) is 33.3 Å². The van der Waals surface area contributed by atoms with Gasteiger partial charge in [0, 0.05) is 22.1 Å². The molecule has 28 heavy (non-hydrogen) atoms. The number of carbonyl (C=O) groups is 1. The van der Waals surface area contributed by atoms with Crippen LogP contribution in [-0.4, -0.2) is 24.1 Å². The average molecular weight is 394 g/mol. The predicted octanol–water partition coefficient (Wildman–Crippen LogP) is 4.91. The minimum absolute atomic E-state index is 0.257. The van der Waals surface area contributed by atoms with E-state index in [9.17, 15) is 4.79 Å². The van der Waals surface area contributed by atoms with Crippen molar-refractivity contribution in [2.45, 2.75) is 31.8 Å². The molecule has 4 rings (SSSR count). The van der Waals surface area contributed by atoms with Crippen LogP contribution in [-0.2, 0) is 0 Å². The fourth-order valence-electron chi connectivity index (χ4n) is 3.46. The lowest BCUT2D eigenvalue weighted by Crippen LogP contribution is -2.11. The lowest BCUT2D eigenvalue weighted by Gasteiger charge is -2.16. The van der Waals surface area contributed by atoms with Gasteiger partial charge in [-0.25, -0.2) is 4.98 Å². The first-order valence-corrected chi connectivity index (χ1v) is 10.2. The molecule has 5 nitrogen and oxygen atoms in total. The highest BCUT2D eigenvalue weighted by molar-refractivity contribution is 7.13. The Morgan fingerprint density at radius 1 is 1.11 bits per heavy atom. The molecule has 0 radical (unpaired) electrons. The zero-order valence-corrected chi connectivity index (χ0v) is 16.5. The molecule has 1 fully saturated rings. The Morgan fingerprint density at radius 2 is 1.93 bits per heavy atom. The molecule has 2 N–H and O–H groups in total. The molecular formula is C22H22N2O3S. The molecule has 1 aliphatic rings. The number of amides is 1. The van der Waals surface area contributed by atoms with E-state index < -0.39 is 5.91 Å². The summed E-state index contributed by atoms with van der Waals surface area (Å²) in [6.45, 7) is 0. The third kappa shape index (κ3) is 3.87. The van der Waals surface area contributed by atoms with Crippen LogP contribution < -0.4 is 15.2 Å². The quantitative estimate of drug-likeness (QED) is 0.645. The Balaban J connectivity index is 1.63. The second-order valence-electron chi connectivity index (χ2n) is 6.87. The van der Waals surface area contributed by atoms with Crippen LogP contribution >= 0.6 is 11.3 Å². The Morgan fingerprint density at radius 3 is 2.68 bits per heavy atom. The maximum atomic E-state index is 11.4. The van der Waals surface area contributed by atoms with Crippen molar-refractivity contribution in [1.82, 2.24) is 4.98 Å². The molecule has 0 bridgehead atoms. The van der Waals surface area contributed by atoms with Gasteiger partial charge in [-0.05, 0) is 56.0 Å². The van der Waals surface area contributed by atoms with Crippen molar-refractivity contribution in [2.24, 2.45) is 5.73 Å². The number of ether oxygens (including phenoxy) is 2. The molecular weight excluding hydrogens is 372 g/mol. The summed E-state index contributed by atoms with van der Waals surface area (Å²) in [5.41, 5.74) is 8.53. The normalized spacial score (nSPS) is 14.2. The van der Waals surface area contributed by atoms with Crippen LogP contribution in [0.2, 0.25) is 0 Å². The van der Waals surface area contributed by atoms with E-state index in [4.69, 9.17) is 20.2 Å². The highest BCUT2D eigenvalue weighted by Gasteiger charge is 2.19. The zero-order valence-electron chi connectivity index (χ0n) is 15.7. The van der Waals surface area contributed by atoms with Crippen LogP contribution in [0.1, 0.15) is 36.0 Å². The van der Waals surface area contributed by atoms with Crippen molar-refractivity contribution >= 4 is 17.2 Å². The first-order chi connectivity index (χ1) is 13.6. The maximum absolute atomic E-state index is 11.4. The smallest absolute Gasteiger partial charge is 0.248 e. The lowest BCUT2D eigenvalue weighted by atomic mass is 10.1. The first-order valence-electron chi connectivity index (χ1n) is 9.35. The number of thiazole rings is 1. The van der Waals surface area contributed by atoms with Gasteiger partial charge in [0.05, 0.1) is 18.9 Å². The van der Waals surface area contributed by atoms with Gasteiger partial charge in [0.15, 0.2) is 11.5 Å². The summed E-state index contributed by atoms with van der Waals surface area (Å²) in [5, 5.41) is 2.87. The SMILES string of the molecule is COc1ccc(-c2nc(-c3cccc(C(N)=O)c3)cs2)cc1OC1CCCC1.